The van der Waals surface area contributed by atoms with Gasteiger partial charge in [0.15, 0.2) is 0 Å². The molecule has 0 radical (unpaired) electrons. The van der Waals surface area contributed by atoms with Gasteiger partial charge in [0.2, 0.25) is 0 Å². The lowest BCUT2D eigenvalue weighted by atomic mass is 10.0. The molecule has 0 saturated heterocycles. The zero-order valence-electron chi connectivity index (χ0n) is 8.16. The van der Waals surface area contributed by atoms with Crippen molar-refractivity contribution in [1.29, 1.82) is 0 Å². The lowest BCUT2D eigenvalue weighted by Crippen LogP contribution is -2.21. The molecule has 1 rings (SSSR count). The molecule has 1 aromatic carbocycles. The van der Waals surface area contributed by atoms with E-state index in [0.29, 0.717) is 0 Å². The maximum absolute atomic E-state index is 5.86. The fourth-order valence-electron chi connectivity index (χ4n) is 1.21. The van der Waals surface area contributed by atoms with Gasteiger partial charge < -0.3 is 5.73 Å². The maximum atomic E-state index is 5.86. The normalized spacial score (nSPS) is 12.5. The molecule has 0 aliphatic heterocycles. The van der Waals surface area contributed by atoms with Crippen LogP contribution in [0.3, 0.4) is 0 Å². The predicted molar refractivity (Wildman–Crippen MR) is 57.6 cm³/mol. The average Bonchev–Trinajstić information content (AvgIpc) is 2.15. The minimum atomic E-state index is 0.139. The fraction of sp³-hybridized carbons (Fsp3) is 0.333. The third-order valence-electron chi connectivity index (χ3n) is 2.22. The van der Waals surface area contributed by atoms with Gasteiger partial charge in [-0.25, -0.2) is 0 Å². The van der Waals surface area contributed by atoms with Gasteiger partial charge in [0.05, 0.1) is 0 Å². The molecule has 0 saturated carbocycles. The standard InChI is InChI=1S/C12H17N/c1-10(2)12(13)9-8-11-6-4-3-5-7-11/h3-7,12H,1,8-9,13H2,2H3. The van der Waals surface area contributed by atoms with Gasteiger partial charge in [-0.2, -0.15) is 0 Å². The van der Waals surface area contributed by atoms with Gasteiger partial charge in [-0.15, -0.1) is 0 Å². The first kappa shape index (κ1) is 10.0. The Morgan fingerprint density at radius 3 is 2.54 bits per heavy atom. The minimum Gasteiger partial charge on any atom is -0.324 e. The molecule has 2 N–H and O–H groups in total. The Hall–Kier alpha value is -1.08. The molecule has 0 bridgehead atoms. The molecule has 0 amide bonds. The van der Waals surface area contributed by atoms with Crippen LogP contribution in [0.2, 0.25) is 0 Å². The van der Waals surface area contributed by atoms with Crippen molar-refractivity contribution in [2.45, 2.75) is 25.8 Å². The van der Waals surface area contributed by atoms with Crippen molar-refractivity contribution >= 4 is 0 Å². The van der Waals surface area contributed by atoms with Crippen molar-refractivity contribution in [1.82, 2.24) is 0 Å². The quantitative estimate of drug-likeness (QED) is 0.699. The number of aryl methyl sites for hydroxylation is 1. The van der Waals surface area contributed by atoms with Crippen molar-refractivity contribution in [3.8, 4) is 0 Å². The largest absolute Gasteiger partial charge is 0.324 e. The molecule has 0 spiro atoms. The number of rotatable bonds is 4. The van der Waals surface area contributed by atoms with Crippen LogP contribution in [-0.2, 0) is 6.42 Å². The van der Waals surface area contributed by atoms with Crippen molar-refractivity contribution in [3.05, 3.63) is 48.0 Å². The number of hydrogen-bond acceptors (Lipinski definition) is 1. The molecule has 13 heavy (non-hydrogen) atoms. The first-order valence-corrected chi connectivity index (χ1v) is 4.65. The van der Waals surface area contributed by atoms with E-state index in [9.17, 15) is 0 Å². The summed E-state index contributed by atoms with van der Waals surface area (Å²) in [5, 5.41) is 0. The van der Waals surface area contributed by atoms with Crippen LogP contribution in [0.15, 0.2) is 42.5 Å². The third kappa shape index (κ3) is 3.43. The van der Waals surface area contributed by atoms with E-state index < -0.39 is 0 Å². The Bertz CT molecular complexity index is 264. The van der Waals surface area contributed by atoms with Gasteiger partial charge >= 0.3 is 0 Å². The zero-order valence-corrected chi connectivity index (χ0v) is 8.16. The van der Waals surface area contributed by atoms with E-state index in [1.54, 1.807) is 0 Å². The lowest BCUT2D eigenvalue weighted by molar-refractivity contribution is 0.690. The van der Waals surface area contributed by atoms with Gasteiger partial charge in [0, 0.05) is 6.04 Å². The Morgan fingerprint density at radius 1 is 1.38 bits per heavy atom. The van der Waals surface area contributed by atoms with E-state index >= 15 is 0 Å². The first-order chi connectivity index (χ1) is 6.20. The van der Waals surface area contributed by atoms with Gasteiger partial charge in [0.25, 0.3) is 0 Å². The molecule has 1 unspecified atom stereocenters. The Morgan fingerprint density at radius 2 is 2.00 bits per heavy atom. The summed E-state index contributed by atoms with van der Waals surface area (Å²) in [6, 6.07) is 10.5. The van der Waals surface area contributed by atoms with Crippen molar-refractivity contribution < 1.29 is 0 Å². The average molecular weight is 175 g/mol. The maximum Gasteiger partial charge on any atom is 0.0251 e. The van der Waals surface area contributed by atoms with Crippen LogP contribution in [-0.4, -0.2) is 6.04 Å². The van der Waals surface area contributed by atoms with E-state index in [2.05, 4.69) is 30.8 Å². The van der Waals surface area contributed by atoms with Crippen LogP contribution in [0, 0.1) is 0 Å². The molecule has 1 nitrogen and oxygen atoms in total. The molecule has 0 aromatic heterocycles. The molecule has 0 heterocycles. The Kier molecular flexibility index (Phi) is 3.71. The van der Waals surface area contributed by atoms with Gasteiger partial charge in [-0.05, 0) is 25.3 Å². The molecule has 1 atom stereocenters. The van der Waals surface area contributed by atoms with Crippen LogP contribution in [0.1, 0.15) is 18.9 Å². The smallest absolute Gasteiger partial charge is 0.0251 e. The highest BCUT2D eigenvalue weighted by atomic mass is 14.6. The highest BCUT2D eigenvalue weighted by Crippen LogP contribution is 2.07. The van der Waals surface area contributed by atoms with Crippen molar-refractivity contribution in [2.75, 3.05) is 0 Å². The summed E-state index contributed by atoms with van der Waals surface area (Å²) in [4.78, 5) is 0. The molecular formula is C12H17N. The van der Waals surface area contributed by atoms with Crippen molar-refractivity contribution in [2.24, 2.45) is 5.73 Å². The van der Waals surface area contributed by atoms with Gasteiger partial charge in [-0.1, -0.05) is 42.5 Å². The molecule has 0 fully saturated rings. The lowest BCUT2D eigenvalue weighted by Gasteiger charge is -2.10. The summed E-state index contributed by atoms with van der Waals surface area (Å²) < 4.78 is 0. The number of nitrogens with two attached hydrogens (primary N) is 1. The van der Waals surface area contributed by atoms with Gasteiger partial charge in [0.1, 0.15) is 0 Å². The number of benzene rings is 1. The summed E-state index contributed by atoms with van der Waals surface area (Å²) >= 11 is 0. The summed E-state index contributed by atoms with van der Waals surface area (Å²) in [6.45, 7) is 5.82. The van der Waals surface area contributed by atoms with E-state index in [1.165, 1.54) is 5.56 Å². The van der Waals surface area contributed by atoms with Crippen molar-refractivity contribution in [3.63, 3.8) is 0 Å². The Labute approximate surface area is 80.3 Å². The minimum absolute atomic E-state index is 0.139. The monoisotopic (exact) mass is 175 g/mol. The second kappa shape index (κ2) is 4.83. The third-order valence-corrected chi connectivity index (χ3v) is 2.22. The highest BCUT2D eigenvalue weighted by Gasteiger charge is 2.02. The predicted octanol–water partition coefficient (Wildman–Crippen LogP) is 2.52. The topological polar surface area (TPSA) is 26.0 Å². The highest BCUT2D eigenvalue weighted by molar-refractivity contribution is 5.15. The molecule has 0 aliphatic carbocycles. The number of hydrogen-bond donors (Lipinski definition) is 1. The SMILES string of the molecule is C=C(C)C(N)CCc1ccccc1. The molecule has 70 valence electrons. The Balaban J connectivity index is 2.39. The molecule has 1 aromatic rings. The molecular weight excluding hydrogens is 158 g/mol. The van der Waals surface area contributed by atoms with E-state index in [0.717, 1.165) is 18.4 Å². The fourth-order valence-corrected chi connectivity index (χ4v) is 1.21. The zero-order chi connectivity index (χ0) is 9.68. The van der Waals surface area contributed by atoms with E-state index in [1.807, 2.05) is 13.0 Å². The van der Waals surface area contributed by atoms with Crippen LogP contribution in [0.4, 0.5) is 0 Å². The van der Waals surface area contributed by atoms with Crippen LogP contribution >= 0.6 is 0 Å². The summed E-state index contributed by atoms with van der Waals surface area (Å²) in [5.74, 6) is 0. The van der Waals surface area contributed by atoms with E-state index in [-0.39, 0.29) is 6.04 Å². The van der Waals surface area contributed by atoms with E-state index in [4.69, 9.17) is 5.73 Å². The van der Waals surface area contributed by atoms with Crippen LogP contribution in [0.5, 0.6) is 0 Å². The second-order valence-corrected chi connectivity index (χ2v) is 3.48. The summed E-state index contributed by atoms with van der Waals surface area (Å²) in [6.07, 6.45) is 2.02. The summed E-state index contributed by atoms with van der Waals surface area (Å²) in [5.41, 5.74) is 8.28. The molecule has 0 aliphatic rings. The van der Waals surface area contributed by atoms with Crippen LogP contribution < -0.4 is 5.73 Å². The second-order valence-electron chi connectivity index (χ2n) is 3.48. The van der Waals surface area contributed by atoms with Crippen LogP contribution in [0.25, 0.3) is 0 Å². The summed E-state index contributed by atoms with van der Waals surface area (Å²) in [7, 11) is 0. The van der Waals surface area contributed by atoms with Gasteiger partial charge in [-0.3, -0.25) is 0 Å². The molecule has 1 heteroatoms. The first-order valence-electron chi connectivity index (χ1n) is 4.65.